The van der Waals surface area contributed by atoms with Crippen molar-refractivity contribution < 1.29 is 27.1 Å². The molecule has 0 saturated heterocycles. The van der Waals surface area contributed by atoms with Crippen molar-refractivity contribution in [2.45, 2.75) is 18.0 Å². The highest BCUT2D eigenvalue weighted by molar-refractivity contribution is 7.89. The molecule has 0 bridgehead atoms. The van der Waals surface area contributed by atoms with Crippen LogP contribution in [-0.4, -0.2) is 39.8 Å². The third kappa shape index (κ3) is 5.88. The fraction of sp³-hybridized carbons (Fsp3) is 0.208. The zero-order valence-corrected chi connectivity index (χ0v) is 19.4. The Hall–Kier alpha value is -3.43. The van der Waals surface area contributed by atoms with Crippen LogP contribution in [0.5, 0.6) is 11.5 Å². The molecule has 0 spiro atoms. The molecule has 0 radical (unpaired) electrons. The van der Waals surface area contributed by atoms with Gasteiger partial charge in [0.2, 0.25) is 10.0 Å². The van der Waals surface area contributed by atoms with Gasteiger partial charge in [0.25, 0.3) is 5.91 Å². The number of benzene rings is 3. The first-order chi connectivity index (χ1) is 15.7. The van der Waals surface area contributed by atoms with E-state index >= 15 is 0 Å². The SMILES string of the molecule is COc1cc(CNC(=O)c2ccc(F)c(S(=O)(=O)N(C)C)c2)ccc1OCc1ccccc1. The number of nitrogens with zero attached hydrogens (tertiary/aromatic N) is 1. The number of hydrogen-bond acceptors (Lipinski definition) is 5. The normalized spacial score (nSPS) is 11.3. The third-order valence-corrected chi connectivity index (χ3v) is 6.70. The van der Waals surface area contributed by atoms with Crippen molar-refractivity contribution >= 4 is 15.9 Å². The van der Waals surface area contributed by atoms with E-state index in [0.29, 0.717) is 18.1 Å². The molecular weight excluding hydrogens is 447 g/mol. The lowest BCUT2D eigenvalue weighted by Gasteiger charge is -2.14. The molecule has 0 aliphatic carbocycles. The van der Waals surface area contributed by atoms with E-state index < -0.39 is 26.6 Å². The van der Waals surface area contributed by atoms with E-state index in [1.54, 1.807) is 18.2 Å². The predicted octanol–water partition coefficient (Wildman–Crippen LogP) is 3.59. The van der Waals surface area contributed by atoms with Gasteiger partial charge in [0, 0.05) is 26.2 Å². The monoisotopic (exact) mass is 472 g/mol. The van der Waals surface area contributed by atoms with Crippen molar-refractivity contribution in [1.82, 2.24) is 9.62 Å². The molecule has 174 valence electrons. The van der Waals surface area contributed by atoms with E-state index in [0.717, 1.165) is 27.6 Å². The van der Waals surface area contributed by atoms with Crippen molar-refractivity contribution in [2.75, 3.05) is 21.2 Å². The van der Waals surface area contributed by atoms with Gasteiger partial charge in [-0.3, -0.25) is 4.79 Å². The van der Waals surface area contributed by atoms with Gasteiger partial charge in [0.15, 0.2) is 11.5 Å². The standard InChI is InChI=1S/C24H25FN2O5S/c1-27(2)33(29,30)23-14-19(10-11-20(23)25)24(28)26-15-18-9-12-21(22(13-18)31-3)32-16-17-7-5-4-6-8-17/h4-14H,15-16H2,1-3H3,(H,26,28). The molecule has 3 aromatic rings. The van der Waals surface area contributed by atoms with E-state index in [1.165, 1.54) is 27.3 Å². The highest BCUT2D eigenvalue weighted by atomic mass is 32.2. The molecule has 1 N–H and O–H groups in total. The van der Waals surface area contributed by atoms with Crippen LogP contribution in [0.25, 0.3) is 0 Å². The van der Waals surface area contributed by atoms with E-state index in [2.05, 4.69) is 5.32 Å². The molecular formula is C24H25FN2O5S. The molecule has 0 saturated carbocycles. The van der Waals surface area contributed by atoms with Gasteiger partial charge in [-0.15, -0.1) is 0 Å². The number of rotatable bonds is 9. The zero-order valence-electron chi connectivity index (χ0n) is 18.5. The van der Waals surface area contributed by atoms with Crippen LogP contribution in [0.3, 0.4) is 0 Å². The minimum absolute atomic E-state index is 0.0339. The second-order valence-electron chi connectivity index (χ2n) is 7.37. The quantitative estimate of drug-likeness (QED) is 0.515. The number of hydrogen-bond donors (Lipinski definition) is 1. The Labute approximate surface area is 192 Å². The van der Waals surface area contributed by atoms with Gasteiger partial charge in [0.1, 0.15) is 17.3 Å². The Bertz CT molecular complexity index is 1230. The molecule has 7 nitrogen and oxygen atoms in total. The maximum absolute atomic E-state index is 14.1. The number of ether oxygens (including phenoxy) is 2. The molecule has 33 heavy (non-hydrogen) atoms. The molecule has 9 heteroatoms. The first-order valence-corrected chi connectivity index (χ1v) is 11.5. The molecule has 0 aliphatic rings. The number of amides is 1. The number of halogens is 1. The number of carbonyl (C=O) groups excluding carboxylic acids is 1. The second kappa shape index (κ2) is 10.5. The summed E-state index contributed by atoms with van der Waals surface area (Å²) in [5, 5.41) is 2.71. The summed E-state index contributed by atoms with van der Waals surface area (Å²) in [5.41, 5.74) is 1.80. The van der Waals surface area contributed by atoms with Gasteiger partial charge in [0.05, 0.1) is 7.11 Å². The number of sulfonamides is 1. The van der Waals surface area contributed by atoms with Crippen LogP contribution in [0.2, 0.25) is 0 Å². The fourth-order valence-corrected chi connectivity index (χ4v) is 3.98. The fourth-order valence-electron chi connectivity index (χ4n) is 3.00. The summed E-state index contributed by atoms with van der Waals surface area (Å²) in [5.74, 6) is -0.378. The molecule has 1 amide bonds. The molecule has 3 rings (SSSR count). The lowest BCUT2D eigenvalue weighted by molar-refractivity contribution is 0.0950. The van der Waals surface area contributed by atoms with Gasteiger partial charge in [-0.05, 0) is 41.5 Å². The molecule has 0 aliphatic heterocycles. The third-order valence-electron chi connectivity index (χ3n) is 4.87. The number of carbonyl (C=O) groups is 1. The van der Waals surface area contributed by atoms with Crippen LogP contribution in [-0.2, 0) is 23.2 Å². The second-order valence-corrected chi connectivity index (χ2v) is 9.50. The zero-order chi connectivity index (χ0) is 24.0. The Morgan fingerprint density at radius 1 is 0.970 bits per heavy atom. The number of methoxy groups -OCH3 is 1. The van der Waals surface area contributed by atoms with Gasteiger partial charge < -0.3 is 14.8 Å². The lowest BCUT2D eigenvalue weighted by Crippen LogP contribution is -2.26. The van der Waals surface area contributed by atoms with Gasteiger partial charge in [-0.1, -0.05) is 36.4 Å². The maximum Gasteiger partial charge on any atom is 0.251 e. The van der Waals surface area contributed by atoms with Gasteiger partial charge in [-0.2, -0.15) is 0 Å². The largest absolute Gasteiger partial charge is 0.493 e. The average molecular weight is 473 g/mol. The van der Waals surface area contributed by atoms with Crippen molar-refractivity contribution in [2.24, 2.45) is 0 Å². The van der Waals surface area contributed by atoms with Crippen molar-refractivity contribution in [3.63, 3.8) is 0 Å². The maximum atomic E-state index is 14.1. The van der Waals surface area contributed by atoms with Crippen LogP contribution >= 0.6 is 0 Å². The van der Waals surface area contributed by atoms with Crippen LogP contribution < -0.4 is 14.8 Å². The van der Waals surface area contributed by atoms with Crippen LogP contribution in [0, 0.1) is 5.82 Å². The summed E-state index contributed by atoms with van der Waals surface area (Å²) in [6.45, 7) is 0.539. The van der Waals surface area contributed by atoms with Crippen LogP contribution in [0.4, 0.5) is 4.39 Å². The van der Waals surface area contributed by atoms with E-state index in [-0.39, 0.29) is 12.1 Å². The molecule has 3 aromatic carbocycles. The summed E-state index contributed by atoms with van der Waals surface area (Å²) in [4.78, 5) is 12.0. The van der Waals surface area contributed by atoms with Crippen LogP contribution in [0.15, 0.2) is 71.6 Å². The predicted molar refractivity (Wildman–Crippen MR) is 122 cm³/mol. The topological polar surface area (TPSA) is 84.9 Å². The van der Waals surface area contributed by atoms with Crippen molar-refractivity contribution in [3.05, 3.63) is 89.2 Å². The molecule has 0 aromatic heterocycles. The van der Waals surface area contributed by atoms with E-state index in [4.69, 9.17) is 9.47 Å². The smallest absolute Gasteiger partial charge is 0.251 e. The molecule has 0 heterocycles. The summed E-state index contributed by atoms with van der Waals surface area (Å²) >= 11 is 0. The Morgan fingerprint density at radius 2 is 1.70 bits per heavy atom. The Balaban J connectivity index is 1.69. The summed E-state index contributed by atoms with van der Waals surface area (Å²) < 4.78 is 50.8. The minimum atomic E-state index is -4.02. The first-order valence-electron chi connectivity index (χ1n) is 10.1. The minimum Gasteiger partial charge on any atom is -0.493 e. The average Bonchev–Trinajstić information content (AvgIpc) is 2.82. The Kier molecular flexibility index (Phi) is 7.67. The highest BCUT2D eigenvalue weighted by Gasteiger charge is 2.23. The van der Waals surface area contributed by atoms with E-state index in [9.17, 15) is 17.6 Å². The molecule has 0 atom stereocenters. The Morgan fingerprint density at radius 3 is 2.36 bits per heavy atom. The van der Waals surface area contributed by atoms with Crippen LogP contribution in [0.1, 0.15) is 21.5 Å². The first kappa shape index (κ1) is 24.2. The van der Waals surface area contributed by atoms with Crippen molar-refractivity contribution in [1.29, 1.82) is 0 Å². The number of nitrogens with one attached hydrogen (secondary N) is 1. The summed E-state index contributed by atoms with van der Waals surface area (Å²) in [6, 6.07) is 18.2. The summed E-state index contributed by atoms with van der Waals surface area (Å²) in [7, 11) is 0.0915. The highest BCUT2D eigenvalue weighted by Crippen LogP contribution is 2.29. The summed E-state index contributed by atoms with van der Waals surface area (Å²) in [6.07, 6.45) is 0. The van der Waals surface area contributed by atoms with Crippen molar-refractivity contribution in [3.8, 4) is 11.5 Å². The molecule has 0 fully saturated rings. The molecule has 0 unspecified atom stereocenters. The van der Waals surface area contributed by atoms with E-state index in [1.807, 2.05) is 30.3 Å². The van der Waals surface area contributed by atoms with Gasteiger partial charge >= 0.3 is 0 Å². The lowest BCUT2D eigenvalue weighted by atomic mass is 10.1. The van der Waals surface area contributed by atoms with Gasteiger partial charge in [-0.25, -0.2) is 17.1 Å².